The number of ketones is 1. The number of benzene rings is 3. The maximum atomic E-state index is 13.6. The molecule has 2 heterocycles. The van der Waals surface area contributed by atoms with E-state index in [0.29, 0.717) is 31.9 Å². The number of carbonyl (C=O) groups is 2. The fourth-order valence-electron chi connectivity index (χ4n) is 5.25. The van der Waals surface area contributed by atoms with Crippen LogP contribution in [0.2, 0.25) is 0 Å². The average molecular weight is 513 g/mol. The first-order chi connectivity index (χ1) is 18.5. The minimum Gasteiger partial charge on any atom is -0.507 e. The average Bonchev–Trinajstić information content (AvgIpc) is 3.21. The zero-order valence-corrected chi connectivity index (χ0v) is 21.7. The first-order valence-electron chi connectivity index (χ1n) is 12.8. The Balaban J connectivity index is 1.60. The highest BCUT2D eigenvalue weighted by Crippen LogP contribution is 2.41. The highest BCUT2D eigenvalue weighted by molar-refractivity contribution is 6.46. The fourth-order valence-corrected chi connectivity index (χ4v) is 5.25. The number of morpholine rings is 1. The Labute approximate surface area is 222 Å². The fraction of sp³-hybridized carbons (Fsp3) is 0.290. The summed E-state index contributed by atoms with van der Waals surface area (Å²) in [5.74, 6) is -0.700. The van der Waals surface area contributed by atoms with Gasteiger partial charge < -0.3 is 19.5 Å². The van der Waals surface area contributed by atoms with Gasteiger partial charge in [-0.05, 0) is 30.2 Å². The Bertz CT molecular complexity index is 1310. The van der Waals surface area contributed by atoms with Crippen molar-refractivity contribution in [2.24, 2.45) is 0 Å². The number of likely N-dealkylation sites (tertiary alicyclic amines) is 1. The Morgan fingerprint density at radius 2 is 1.63 bits per heavy atom. The molecule has 0 saturated carbocycles. The number of Topliss-reactive ketones (excluding diaryl/α,β-unsaturated/α-hetero) is 1. The summed E-state index contributed by atoms with van der Waals surface area (Å²) in [6.07, 6.45) is 0. The molecule has 0 aliphatic carbocycles. The van der Waals surface area contributed by atoms with Crippen molar-refractivity contribution in [2.75, 3.05) is 40.0 Å². The first-order valence-corrected chi connectivity index (χ1v) is 12.8. The molecule has 1 amide bonds. The Morgan fingerprint density at radius 3 is 2.26 bits per heavy atom. The molecule has 2 atom stereocenters. The van der Waals surface area contributed by atoms with Crippen molar-refractivity contribution in [1.29, 1.82) is 0 Å². The van der Waals surface area contributed by atoms with E-state index in [-0.39, 0.29) is 23.9 Å². The molecule has 5 rings (SSSR count). The zero-order chi connectivity index (χ0) is 26.6. The van der Waals surface area contributed by atoms with E-state index in [9.17, 15) is 14.7 Å². The molecular weight excluding hydrogens is 480 g/mol. The first kappa shape index (κ1) is 25.7. The summed E-state index contributed by atoms with van der Waals surface area (Å²) >= 11 is 0. The lowest BCUT2D eigenvalue weighted by Crippen LogP contribution is -2.45. The number of ether oxygens (including phenoxy) is 2. The van der Waals surface area contributed by atoms with Gasteiger partial charge in [0.05, 0.1) is 38.0 Å². The Hall–Kier alpha value is -3.94. The summed E-state index contributed by atoms with van der Waals surface area (Å²) in [6, 6.07) is 23.6. The molecule has 0 aromatic heterocycles. The van der Waals surface area contributed by atoms with Gasteiger partial charge in [-0.3, -0.25) is 14.5 Å². The number of aliphatic hydroxyl groups is 1. The minimum absolute atomic E-state index is 0.112. The van der Waals surface area contributed by atoms with Crippen molar-refractivity contribution in [3.8, 4) is 5.75 Å². The molecule has 196 valence electrons. The van der Waals surface area contributed by atoms with Crippen LogP contribution < -0.4 is 4.74 Å². The van der Waals surface area contributed by atoms with E-state index in [0.717, 1.165) is 22.4 Å². The summed E-state index contributed by atoms with van der Waals surface area (Å²) in [4.78, 5) is 31.0. The van der Waals surface area contributed by atoms with Crippen LogP contribution in [-0.4, -0.2) is 66.6 Å². The number of nitrogens with zero attached hydrogens (tertiary/aromatic N) is 2. The predicted molar refractivity (Wildman–Crippen MR) is 145 cm³/mol. The number of rotatable bonds is 7. The van der Waals surface area contributed by atoms with E-state index in [1.807, 2.05) is 61.5 Å². The van der Waals surface area contributed by atoms with Crippen LogP contribution in [0.5, 0.6) is 5.75 Å². The minimum atomic E-state index is -0.711. The molecule has 3 aromatic rings. The van der Waals surface area contributed by atoms with Crippen LogP contribution in [0.15, 0.2) is 84.4 Å². The number of carbonyl (C=O) groups excluding carboxylic acids is 2. The summed E-state index contributed by atoms with van der Waals surface area (Å²) < 4.78 is 10.9. The largest absolute Gasteiger partial charge is 0.507 e. The summed E-state index contributed by atoms with van der Waals surface area (Å²) in [5.41, 5.74) is 3.48. The third kappa shape index (κ3) is 5.08. The molecule has 2 unspecified atom stereocenters. The lowest BCUT2D eigenvalue weighted by Gasteiger charge is -2.38. The van der Waals surface area contributed by atoms with Crippen LogP contribution in [0.4, 0.5) is 0 Å². The van der Waals surface area contributed by atoms with Crippen molar-refractivity contribution in [2.45, 2.75) is 19.0 Å². The van der Waals surface area contributed by atoms with E-state index < -0.39 is 17.7 Å². The normalized spacial score (nSPS) is 20.5. The number of aryl methyl sites for hydroxylation is 1. The van der Waals surface area contributed by atoms with Crippen LogP contribution in [0.1, 0.15) is 34.3 Å². The van der Waals surface area contributed by atoms with E-state index in [4.69, 9.17) is 9.47 Å². The summed E-state index contributed by atoms with van der Waals surface area (Å²) in [7, 11) is 1.63. The number of amides is 1. The van der Waals surface area contributed by atoms with Crippen molar-refractivity contribution in [1.82, 2.24) is 9.80 Å². The molecule has 0 radical (unpaired) electrons. The van der Waals surface area contributed by atoms with Gasteiger partial charge in [0.2, 0.25) is 0 Å². The molecule has 0 bridgehead atoms. The van der Waals surface area contributed by atoms with E-state index in [1.54, 1.807) is 36.3 Å². The van der Waals surface area contributed by atoms with E-state index >= 15 is 0 Å². The molecule has 38 heavy (non-hydrogen) atoms. The quantitative estimate of drug-likeness (QED) is 0.285. The van der Waals surface area contributed by atoms with Gasteiger partial charge in [-0.1, -0.05) is 72.3 Å². The standard InChI is InChI=1S/C31H32N2O5/c1-21-8-10-23(11-9-21)28-27(29(34)24-6-4-3-5-7-24)30(35)31(36)33(28)20-26(32-16-18-38-19-17-32)22-12-14-25(37-2)15-13-22/h3-15,26,28,34H,16-20H2,1-2H3/b29-27-. The molecule has 2 fully saturated rings. The van der Waals surface area contributed by atoms with Crippen LogP contribution >= 0.6 is 0 Å². The monoisotopic (exact) mass is 512 g/mol. The number of aliphatic hydroxyl groups excluding tert-OH is 1. The van der Waals surface area contributed by atoms with Gasteiger partial charge in [0.1, 0.15) is 11.5 Å². The lowest BCUT2D eigenvalue weighted by molar-refractivity contribution is -0.140. The topological polar surface area (TPSA) is 79.3 Å². The third-order valence-corrected chi connectivity index (χ3v) is 7.34. The molecule has 7 heteroatoms. The van der Waals surface area contributed by atoms with E-state index in [2.05, 4.69) is 4.90 Å². The number of methoxy groups -OCH3 is 1. The second kappa shape index (κ2) is 11.2. The Kier molecular flexibility index (Phi) is 7.58. The van der Waals surface area contributed by atoms with Crippen molar-refractivity contribution >= 4 is 17.4 Å². The lowest BCUT2D eigenvalue weighted by atomic mass is 9.94. The summed E-state index contributed by atoms with van der Waals surface area (Å²) in [5, 5.41) is 11.3. The molecule has 2 aliphatic rings. The van der Waals surface area contributed by atoms with Gasteiger partial charge in [0.25, 0.3) is 11.7 Å². The maximum absolute atomic E-state index is 13.6. The smallest absolute Gasteiger partial charge is 0.295 e. The zero-order valence-electron chi connectivity index (χ0n) is 21.7. The van der Waals surface area contributed by atoms with Gasteiger partial charge in [0.15, 0.2) is 0 Å². The SMILES string of the molecule is COc1ccc(C(CN2C(=O)C(=O)/C(=C(\O)c3ccccc3)C2c2ccc(C)cc2)N2CCOCC2)cc1. The molecule has 2 aliphatic heterocycles. The van der Waals surface area contributed by atoms with Crippen molar-refractivity contribution in [3.05, 3.63) is 107 Å². The van der Waals surface area contributed by atoms with Gasteiger partial charge >= 0.3 is 0 Å². The molecule has 0 spiro atoms. The van der Waals surface area contributed by atoms with Gasteiger partial charge in [-0.25, -0.2) is 0 Å². The number of hydrogen-bond acceptors (Lipinski definition) is 6. The van der Waals surface area contributed by atoms with Crippen LogP contribution in [0.3, 0.4) is 0 Å². The third-order valence-electron chi connectivity index (χ3n) is 7.34. The van der Waals surface area contributed by atoms with Crippen LogP contribution in [-0.2, 0) is 14.3 Å². The highest BCUT2D eigenvalue weighted by atomic mass is 16.5. The maximum Gasteiger partial charge on any atom is 0.295 e. The molecular formula is C31H32N2O5. The van der Waals surface area contributed by atoms with Crippen molar-refractivity contribution in [3.63, 3.8) is 0 Å². The Morgan fingerprint density at radius 1 is 0.974 bits per heavy atom. The van der Waals surface area contributed by atoms with Gasteiger partial charge in [0, 0.05) is 25.2 Å². The predicted octanol–water partition coefficient (Wildman–Crippen LogP) is 4.50. The van der Waals surface area contributed by atoms with Gasteiger partial charge in [-0.15, -0.1) is 0 Å². The second-order valence-electron chi connectivity index (χ2n) is 9.67. The second-order valence-corrected chi connectivity index (χ2v) is 9.67. The molecule has 3 aromatic carbocycles. The van der Waals surface area contributed by atoms with Crippen molar-refractivity contribution < 1.29 is 24.2 Å². The number of hydrogen-bond donors (Lipinski definition) is 1. The molecule has 7 nitrogen and oxygen atoms in total. The highest BCUT2D eigenvalue weighted by Gasteiger charge is 2.47. The van der Waals surface area contributed by atoms with Crippen LogP contribution in [0, 0.1) is 6.92 Å². The van der Waals surface area contributed by atoms with Gasteiger partial charge in [-0.2, -0.15) is 0 Å². The molecule has 2 saturated heterocycles. The van der Waals surface area contributed by atoms with E-state index in [1.165, 1.54) is 0 Å². The summed E-state index contributed by atoms with van der Waals surface area (Å²) in [6.45, 7) is 4.88. The molecule has 1 N–H and O–H groups in total. The van der Waals surface area contributed by atoms with Crippen LogP contribution in [0.25, 0.3) is 5.76 Å².